The number of benzene rings is 4. The number of carbonyl (C=O) groups is 1. The summed E-state index contributed by atoms with van der Waals surface area (Å²) in [5, 5.41) is 16.4. The minimum Gasteiger partial charge on any atom is -0.481 e. The van der Waals surface area contributed by atoms with Gasteiger partial charge in [0, 0.05) is 17.2 Å². The van der Waals surface area contributed by atoms with E-state index in [9.17, 15) is 18.9 Å². The summed E-state index contributed by atoms with van der Waals surface area (Å²) in [7, 11) is -5.47. The first kappa shape index (κ1) is 37.5. The van der Waals surface area contributed by atoms with Crippen LogP contribution in [0.3, 0.4) is 0 Å². The average molecular weight is 722 g/mol. The lowest BCUT2D eigenvalue weighted by Crippen LogP contribution is -2.68. The Bertz CT molecular complexity index is 1960. The van der Waals surface area contributed by atoms with Crippen molar-refractivity contribution in [2.24, 2.45) is 0 Å². The quantitative estimate of drug-likeness (QED) is 0.0746. The molecule has 0 bridgehead atoms. The Morgan fingerprint density at radius 3 is 1.94 bits per heavy atom. The minimum atomic E-state index is -3.12. The third-order valence-corrected chi connectivity index (χ3v) is 14.8. The van der Waals surface area contributed by atoms with Gasteiger partial charge in [-0.3, -0.25) is 9.48 Å². The number of aliphatic carboxylic acids is 1. The van der Waals surface area contributed by atoms with Crippen molar-refractivity contribution < 1.29 is 27.8 Å². The smallest absolute Gasteiger partial charge is 0.481 e. The first-order valence-electron chi connectivity index (χ1n) is 16.9. The predicted molar refractivity (Wildman–Crippen MR) is 203 cm³/mol. The maximum atomic E-state index is 13.9. The highest BCUT2D eigenvalue weighted by Gasteiger charge is 2.52. The van der Waals surface area contributed by atoms with Gasteiger partial charge in [0.25, 0.3) is 8.32 Å². The molecule has 5 aromatic rings. The van der Waals surface area contributed by atoms with E-state index in [0.29, 0.717) is 11.4 Å². The molecule has 1 N–H and O–H groups in total. The summed E-state index contributed by atoms with van der Waals surface area (Å²) < 4.78 is 42.0. The van der Waals surface area contributed by atoms with E-state index in [1.165, 1.54) is 12.1 Å². The molecular formula is C41H43FN2O5PSi+. The van der Waals surface area contributed by atoms with Crippen LogP contribution in [0.5, 0.6) is 0 Å². The fourth-order valence-electron chi connectivity index (χ4n) is 6.34. The summed E-state index contributed by atoms with van der Waals surface area (Å²) in [6.45, 7) is 10.2. The average Bonchev–Trinajstić information content (AvgIpc) is 3.49. The van der Waals surface area contributed by atoms with Gasteiger partial charge in [0.2, 0.25) is 6.16 Å². The Morgan fingerprint density at radius 2 is 1.43 bits per heavy atom. The van der Waals surface area contributed by atoms with Gasteiger partial charge in [0.1, 0.15) is 23.3 Å². The van der Waals surface area contributed by atoms with E-state index in [-0.39, 0.29) is 31.0 Å². The molecule has 1 aromatic heterocycles. The van der Waals surface area contributed by atoms with Crippen molar-refractivity contribution in [3.63, 3.8) is 0 Å². The van der Waals surface area contributed by atoms with E-state index in [1.807, 2.05) is 110 Å². The molecule has 51 heavy (non-hydrogen) atoms. The van der Waals surface area contributed by atoms with Crippen LogP contribution in [0.25, 0.3) is 22.4 Å². The predicted octanol–water partition coefficient (Wildman–Crippen LogP) is 8.47. The second-order valence-corrected chi connectivity index (χ2v) is 19.1. The van der Waals surface area contributed by atoms with Crippen molar-refractivity contribution in [2.45, 2.75) is 58.2 Å². The molecule has 0 saturated carbocycles. The minimum absolute atomic E-state index is 0.0427. The number of halogens is 1. The summed E-state index contributed by atoms with van der Waals surface area (Å²) >= 11 is 0. The summed E-state index contributed by atoms with van der Waals surface area (Å²) in [6.07, 6.45) is -1.33. The van der Waals surface area contributed by atoms with E-state index in [1.54, 1.807) is 12.1 Å². The molecule has 0 saturated heterocycles. The molecule has 2 atom stereocenters. The van der Waals surface area contributed by atoms with Gasteiger partial charge >= 0.3 is 14.0 Å². The van der Waals surface area contributed by atoms with E-state index in [4.69, 9.17) is 14.0 Å². The number of hydrogen-bond acceptors (Lipinski definition) is 5. The van der Waals surface area contributed by atoms with Crippen molar-refractivity contribution in [1.29, 1.82) is 0 Å². The molecule has 1 heterocycles. The molecule has 10 heteroatoms. The largest absolute Gasteiger partial charge is 0.511 e. The summed E-state index contributed by atoms with van der Waals surface area (Å²) in [6, 6.07) is 35.7. The lowest BCUT2D eigenvalue weighted by atomic mass is 9.99. The van der Waals surface area contributed by atoms with Crippen LogP contribution in [0.2, 0.25) is 5.04 Å². The number of carboxylic acids is 1. The highest BCUT2D eigenvalue weighted by Crippen LogP contribution is 2.39. The van der Waals surface area contributed by atoms with Gasteiger partial charge in [-0.2, -0.15) is 5.10 Å². The monoisotopic (exact) mass is 721 g/mol. The van der Waals surface area contributed by atoms with E-state index >= 15 is 0 Å². The topological polar surface area (TPSA) is 90.7 Å². The first-order chi connectivity index (χ1) is 24.4. The highest BCUT2D eigenvalue weighted by molar-refractivity contribution is 7.39. The lowest BCUT2D eigenvalue weighted by Gasteiger charge is -2.44. The maximum absolute atomic E-state index is 13.9. The van der Waals surface area contributed by atoms with Gasteiger partial charge in [0.15, 0.2) is 6.61 Å². The van der Waals surface area contributed by atoms with Crippen LogP contribution in [-0.4, -0.2) is 48.0 Å². The summed E-state index contributed by atoms with van der Waals surface area (Å²) in [4.78, 5) is 12.1. The van der Waals surface area contributed by atoms with Crippen LogP contribution in [0.15, 0.2) is 115 Å². The van der Waals surface area contributed by atoms with Crippen molar-refractivity contribution >= 4 is 32.7 Å². The van der Waals surface area contributed by atoms with Gasteiger partial charge in [-0.15, -0.1) is 4.52 Å². The molecule has 0 amide bonds. The molecule has 0 aliphatic carbocycles. The Labute approximate surface area is 301 Å². The molecule has 7 nitrogen and oxygen atoms in total. The zero-order valence-corrected chi connectivity index (χ0v) is 31.4. The molecule has 4 aromatic carbocycles. The molecule has 0 spiro atoms. The van der Waals surface area contributed by atoms with Gasteiger partial charge in [0.05, 0.1) is 6.42 Å². The third-order valence-electron chi connectivity index (χ3n) is 8.58. The van der Waals surface area contributed by atoms with Gasteiger partial charge in [-0.1, -0.05) is 130 Å². The Morgan fingerprint density at radius 1 is 0.882 bits per heavy atom. The molecule has 0 radical (unpaired) electrons. The highest BCUT2D eigenvalue weighted by atomic mass is 31.1. The van der Waals surface area contributed by atoms with Crippen LogP contribution in [0.4, 0.5) is 4.39 Å². The maximum Gasteiger partial charge on any atom is 0.511 e. The van der Waals surface area contributed by atoms with Crippen LogP contribution < -0.4 is 10.4 Å². The second-order valence-electron chi connectivity index (χ2n) is 13.6. The molecule has 5 rings (SSSR count). The standard InChI is InChI=1S/C41H42FN2O5PSi/c1-30(2)44-37(39(31-23-25-33(42)26-24-31)40(43-44)32-16-9-6-10-17-32)22-15-27-48-50(47)29-34(28-38(45)46)49-51(41(3,4)5,35-18-11-7-12-19-35)36-20-13-8-14-21-36/h6-14,16-21,23-26,30,34H,27-29H2,1-5H3/p+1/t34-/m0/s1. The molecule has 0 aliphatic heterocycles. The third kappa shape index (κ3) is 8.78. The number of rotatable bonds is 13. The Hall–Kier alpha value is -4.71. The number of carboxylic acid groups (broad SMARTS) is 1. The Kier molecular flexibility index (Phi) is 12.2. The van der Waals surface area contributed by atoms with Gasteiger partial charge < -0.3 is 9.53 Å². The molecule has 1 unspecified atom stereocenters. The molecule has 0 fully saturated rings. The molecular weight excluding hydrogens is 679 g/mol. The summed E-state index contributed by atoms with van der Waals surface area (Å²) in [5.74, 6) is 4.81. The summed E-state index contributed by atoms with van der Waals surface area (Å²) in [5.41, 5.74) is 3.74. The molecule has 0 aliphatic rings. The van der Waals surface area contributed by atoms with Crippen LogP contribution in [-0.2, 0) is 18.3 Å². The fourth-order valence-corrected chi connectivity index (χ4v) is 12.0. The van der Waals surface area contributed by atoms with E-state index in [0.717, 1.165) is 27.1 Å². The van der Waals surface area contributed by atoms with Crippen molar-refractivity contribution in [2.75, 3.05) is 12.8 Å². The van der Waals surface area contributed by atoms with Crippen molar-refractivity contribution in [3.05, 3.63) is 127 Å². The van der Waals surface area contributed by atoms with Crippen molar-refractivity contribution in [3.8, 4) is 34.2 Å². The molecule has 262 valence electrons. The number of aromatic nitrogens is 2. The fraction of sp³-hybridized carbons (Fsp3) is 0.268. The van der Waals surface area contributed by atoms with Gasteiger partial charge in [-0.05, 0) is 57.4 Å². The second kappa shape index (κ2) is 16.5. The van der Waals surface area contributed by atoms with E-state index in [2.05, 4.69) is 32.6 Å². The van der Waals surface area contributed by atoms with Crippen LogP contribution in [0, 0.1) is 17.7 Å². The number of nitrogens with zero attached hydrogens (tertiary/aromatic N) is 2. The number of hydrogen-bond donors (Lipinski definition) is 1. The van der Waals surface area contributed by atoms with Crippen molar-refractivity contribution in [1.82, 2.24) is 9.78 Å². The van der Waals surface area contributed by atoms with Crippen LogP contribution in [0.1, 0.15) is 52.8 Å². The first-order valence-corrected chi connectivity index (χ1v) is 20.2. The SMILES string of the molecule is CC(C)n1nc(-c2ccccc2)c(-c2ccc(F)cc2)c1C#CCO[P+](=O)C[C@H](CC(=O)O)O[Si](c1ccccc1)(c1ccccc1)C(C)(C)C. The van der Waals surface area contributed by atoms with Crippen LogP contribution >= 0.6 is 8.03 Å². The Balaban J connectivity index is 1.43. The van der Waals surface area contributed by atoms with E-state index < -0.39 is 33.5 Å². The normalized spacial score (nSPS) is 12.6. The van der Waals surface area contributed by atoms with Gasteiger partial charge in [-0.25, -0.2) is 4.39 Å². The zero-order valence-electron chi connectivity index (χ0n) is 29.5. The lowest BCUT2D eigenvalue weighted by molar-refractivity contribution is -0.138. The zero-order chi connectivity index (χ0) is 36.6.